The van der Waals surface area contributed by atoms with E-state index in [2.05, 4.69) is 11.4 Å². The number of amides is 1. The van der Waals surface area contributed by atoms with Crippen molar-refractivity contribution >= 4 is 49.6 Å². The van der Waals surface area contributed by atoms with E-state index in [-0.39, 0.29) is 17.6 Å². The first-order valence-electron chi connectivity index (χ1n) is 6.48. The number of ether oxygens (including phenoxy) is 1. The van der Waals surface area contributed by atoms with E-state index in [0.29, 0.717) is 19.0 Å². The Labute approximate surface area is 131 Å². The minimum Gasteiger partial charge on any atom is -0.367 e. The highest BCUT2D eigenvalue weighted by atomic mass is 35.5. The second kappa shape index (κ2) is 5.30. The van der Waals surface area contributed by atoms with Crippen LogP contribution in [0.15, 0.2) is 17.5 Å². The van der Waals surface area contributed by atoms with Gasteiger partial charge in [-0.05, 0) is 31.4 Å². The van der Waals surface area contributed by atoms with Crippen LogP contribution in [0.5, 0.6) is 0 Å². The van der Waals surface area contributed by atoms with Crippen LogP contribution >= 0.6 is 34.3 Å². The molecule has 0 saturated carbocycles. The average Bonchev–Trinajstić information content (AvgIpc) is 2.96. The molecule has 3 rings (SSSR count). The van der Waals surface area contributed by atoms with Crippen LogP contribution in [0.3, 0.4) is 0 Å². The second-order valence-electron chi connectivity index (χ2n) is 5.60. The van der Waals surface area contributed by atoms with Gasteiger partial charge in [0.2, 0.25) is 0 Å². The van der Waals surface area contributed by atoms with E-state index >= 15 is 0 Å². The SMILES string of the molecule is CC1(C)CN(C(=O)c2cc3sccc3s2)CC(CCl)O1. The Hall–Kier alpha value is -0.620. The fourth-order valence-electron chi connectivity index (χ4n) is 2.56. The van der Waals surface area contributed by atoms with Crippen molar-refractivity contribution in [2.24, 2.45) is 0 Å². The zero-order chi connectivity index (χ0) is 14.3. The smallest absolute Gasteiger partial charge is 0.264 e. The molecule has 0 radical (unpaired) electrons. The Morgan fingerprint density at radius 1 is 1.55 bits per heavy atom. The molecular formula is C14H16ClNO2S2. The number of thiophene rings is 2. The van der Waals surface area contributed by atoms with E-state index in [1.54, 1.807) is 22.7 Å². The summed E-state index contributed by atoms with van der Waals surface area (Å²) in [6.07, 6.45) is -0.0922. The lowest BCUT2D eigenvalue weighted by Gasteiger charge is -2.42. The van der Waals surface area contributed by atoms with Crippen molar-refractivity contribution in [3.8, 4) is 0 Å². The summed E-state index contributed by atoms with van der Waals surface area (Å²) >= 11 is 9.14. The number of carbonyl (C=O) groups is 1. The van der Waals surface area contributed by atoms with Gasteiger partial charge in [0.25, 0.3) is 5.91 Å². The molecule has 1 aliphatic heterocycles. The third-order valence-electron chi connectivity index (χ3n) is 3.29. The minimum absolute atomic E-state index is 0.0879. The number of halogens is 1. The first kappa shape index (κ1) is 14.3. The van der Waals surface area contributed by atoms with Gasteiger partial charge in [0.05, 0.1) is 22.5 Å². The monoisotopic (exact) mass is 329 g/mol. The van der Waals surface area contributed by atoms with E-state index in [1.165, 1.54) is 9.40 Å². The predicted octanol–water partition coefficient (Wildman–Crippen LogP) is 3.82. The quantitative estimate of drug-likeness (QED) is 0.784. The molecule has 108 valence electrons. The minimum atomic E-state index is -0.345. The fraction of sp³-hybridized carbons (Fsp3) is 0.500. The number of fused-ring (bicyclic) bond motifs is 1. The van der Waals surface area contributed by atoms with E-state index in [0.717, 1.165) is 4.88 Å². The molecule has 1 unspecified atom stereocenters. The fourth-order valence-corrected chi connectivity index (χ4v) is 4.79. The Kier molecular flexibility index (Phi) is 3.79. The first-order chi connectivity index (χ1) is 9.48. The summed E-state index contributed by atoms with van der Waals surface area (Å²) in [5.74, 6) is 0.497. The summed E-state index contributed by atoms with van der Waals surface area (Å²) in [5.41, 5.74) is -0.345. The van der Waals surface area contributed by atoms with Crippen molar-refractivity contribution in [2.75, 3.05) is 19.0 Å². The van der Waals surface area contributed by atoms with Gasteiger partial charge >= 0.3 is 0 Å². The number of nitrogens with zero attached hydrogens (tertiary/aromatic N) is 1. The topological polar surface area (TPSA) is 29.5 Å². The highest BCUT2D eigenvalue weighted by molar-refractivity contribution is 7.27. The van der Waals surface area contributed by atoms with E-state index in [9.17, 15) is 4.79 Å². The van der Waals surface area contributed by atoms with Gasteiger partial charge in [0, 0.05) is 22.5 Å². The van der Waals surface area contributed by atoms with Crippen molar-refractivity contribution in [3.05, 3.63) is 22.4 Å². The van der Waals surface area contributed by atoms with Crippen LogP contribution in [0.25, 0.3) is 9.40 Å². The molecule has 6 heteroatoms. The molecular weight excluding hydrogens is 314 g/mol. The van der Waals surface area contributed by atoms with E-state index < -0.39 is 0 Å². The molecule has 0 spiro atoms. The summed E-state index contributed by atoms with van der Waals surface area (Å²) in [6, 6.07) is 4.05. The molecule has 2 aromatic heterocycles. The summed E-state index contributed by atoms with van der Waals surface area (Å²) in [5, 5.41) is 2.05. The second-order valence-corrected chi connectivity index (χ2v) is 7.94. The van der Waals surface area contributed by atoms with Crippen molar-refractivity contribution in [3.63, 3.8) is 0 Å². The van der Waals surface area contributed by atoms with Crippen LogP contribution in [0, 0.1) is 0 Å². The molecule has 3 nitrogen and oxygen atoms in total. The third kappa shape index (κ3) is 2.72. The summed E-state index contributed by atoms with van der Waals surface area (Å²) in [7, 11) is 0. The number of rotatable bonds is 2. The lowest BCUT2D eigenvalue weighted by Crippen LogP contribution is -2.55. The Morgan fingerprint density at radius 3 is 3.05 bits per heavy atom. The molecule has 0 N–H and O–H groups in total. The average molecular weight is 330 g/mol. The molecule has 0 bridgehead atoms. The molecule has 1 amide bonds. The number of hydrogen-bond acceptors (Lipinski definition) is 4. The van der Waals surface area contributed by atoms with Gasteiger partial charge < -0.3 is 9.64 Å². The van der Waals surface area contributed by atoms with Gasteiger partial charge in [-0.3, -0.25) is 4.79 Å². The summed E-state index contributed by atoms with van der Waals surface area (Å²) < 4.78 is 8.22. The van der Waals surface area contributed by atoms with Crippen molar-refractivity contribution in [1.82, 2.24) is 4.90 Å². The molecule has 1 fully saturated rings. The maximum absolute atomic E-state index is 12.7. The molecule has 0 aliphatic carbocycles. The standard InChI is InChI=1S/C14H16ClNO2S2/c1-14(2)8-16(7-9(6-15)18-14)13(17)12-5-11-10(20-12)3-4-19-11/h3-5,9H,6-8H2,1-2H3. The third-order valence-corrected chi connectivity index (χ3v) is 5.72. The number of alkyl halides is 1. The molecule has 0 aromatic carbocycles. The van der Waals surface area contributed by atoms with Crippen molar-refractivity contribution in [2.45, 2.75) is 25.6 Å². The zero-order valence-electron chi connectivity index (χ0n) is 11.4. The normalized spacial score (nSPS) is 22.4. The Bertz CT molecular complexity index is 605. The summed E-state index contributed by atoms with van der Waals surface area (Å²) in [4.78, 5) is 15.3. The van der Waals surface area contributed by atoms with Gasteiger partial charge in [-0.2, -0.15) is 0 Å². The van der Waals surface area contributed by atoms with Crippen LogP contribution < -0.4 is 0 Å². The lowest BCUT2D eigenvalue weighted by atomic mass is 10.1. The summed E-state index contributed by atoms with van der Waals surface area (Å²) in [6.45, 7) is 5.17. The van der Waals surface area contributed by atoms with Gasteiger partial charge in [0.15, 0.2) is 0 Å². The largest absolute Gasteiger partial charge is 0.367 e. The maximum atomic E-state index is 12.7. The number of morpholine rings is 1. The highest BCUT2D eigenvalue weighted by Crippen LogP contribution is 2.32. The predicted molar refractivity (Wildman–Crippen MR) is 85.3 cm³/mol. The maximum Gasteiger partial charge on any atom is 0.264 e. The lowest BCUT2D eigenvalue weighted by molar-refractivity contribution is -0.117. The molecule has 1 saturated heterocycles. The molecule has 3 heterocycles. The number of carbonyl (C=O) groups excluding carboxylic acids is 1. The van der Waals surface area contributed by atoms with E-state index in [4.69, 9.17) is 16.3 Å². The first-order valence-corrected chi connectivity index (χ1v) is 8.72. The van der Waals surface area contributed by atoms with Crippen LogP contribution in [0.4, 0.5) is 0 Å². The van der Waals surface area contributed by atoms with E-state index in [1.807, 2.05) is 24.8 Å². The van der Waals surface area contributed by atoms with Gasteiger partial charge in [-0.15, -0.1) is 34.3 Å². The van der Waals surface area contributed by atoms with Gasteiger partial charge in [-0.25, -0.2) is 0 Å². The van der Waals surface area contributed by atoms with Crippen molar-refractivity contribution < 1.29 is 9.53 Å². The Morgan fingerprint density at radius 2 is 2.35 bits per heavy atom. The van der Waals surface area contributed by atoms with Crippen molar-refractivity contribution in [1.29, 1.82) is 0 Å². The van der Waals surface area contributed by atoms with Crippen LogP contribution in [0.2, 0.25) is 0 Å². The highest BCUT2D eigenvalue weighted by Gasteiger charge is 2.35. The van der Waals surface area contributed by atoms with Gasteiger partial charge in [0.1, 0.15) is 0 Å². The van der Waals surface area contributed by atoms with Crippen LogP contribution in [-0.4, -0.2) is 41.5 Å². The molecule has 1 atom stereocenters. The zero-order valence-corrected chi connectivity index (χ0v) is 13.8. The molecule has 1 aliphatic rings. The number of hydrogen-bond donors (Lipinski definition) is 0. The molecule has 2 aromatic rings. The van der Waals surface area contributed by atoms with Crippen LogP contribution in [0.1, 0.15) is 23.5 Å². The molecule has 20 heavy (non-hydrogen) atoms. The van der Waals surface area contributed by atoms with Crippen LogP contribution in [-0.2, 0) is 4.74 Å². The Balaban J connectivity index is 1.83. The van der Waals surface area contributed by atoms with Gasteiger partial charge in [-0.1, -0.05) is 0 Å².